The van der Waals surface area contributed by atoms with Crippen LogP contribution in [0.4, 0.5) is 0 Å². The van der Waals surface area contributed by atoms with Crippen LogP contribution in [0.15, 0.2) is 42.5 Å². The highest BCUT2D eigenvalue weighted by Gasteiger charge is 2.34. The van der Waals surface area contributed by atoms with Gasteiger partial charge in [0.1, 0.15) is 17.9 Å². The van der Waals surface area contributed by atoms with Gasteiger partial charge in [-0.25, -0.2) is 4.79 Å². The third kappa shape index (κ3) is 3.52. The summed E-state index contributed by atoms with van der Waals surface area (Å²) in [7, 11) is 1.38. The van der Waals surface area contributed by atoms with Crippen molar-refractivity contribution in [3.05, 3.63) is 42.5 Å². The van der Waals surface area contributed by atoms with Gasteiger partial charge in [-0.1, -0.05) is 37.3 Å². The molecule has 2 aromatic carbocycles. The summed E-state index contributed by atoms with van der Waals surface area (Å²) in [5.74, 6) is 0.409. The third-order valence-corrected chi connectivity index (χ3v) is 3.45. The largest absolute Gasteiger partial charge is 0.491 e. The van der Waals surface area contributed by atoms with Crippen LogP contribution in [0.2, 0.25) is 0 Å². The Labute approximate surface area is 125 Å². The monoisotopic (exact) mass is 287 g/mol. The van der Waals surface area contributed by atoms with E-state index in [1.54, 1.807) is 6.92 Å². The van der Waals surface area contributed by atoms with Crippen molar-refractivity contribution in [2.45, 2.75) is 19.4 Å². The van der Waals surface area contributed by atoms with E-state index in [1.807, 2.05) is 43.3 Å². The number of fused-ring (bicyclic) bond motifs is 1. The molecule has 4 nitrogen and oxygen atoms in total. The van der Waals surface area contributed by atoms with Crippen molar-refractivity contribution in [2.75, 3.05) is 20.3 Å². The molecule has 0 heterocycles. The summed E-state index contributed by atoms with van der Waals surface area (Å²) >= 11 is 0. The molecule has 112 valence electrons. The average molecular weight is 287 g/mol. The molecule has 0 saturated carbocycles. The van der Waals surface area contributed by atoms with Crippen molar-refractivity contribution >= 4 is 16.7 Å². The fraction of sp³-hybridized carbons (Fsp3) is 0.353. The number of likely N-dealkylation sites (N-methyl/N-ethyl adjacent to an activating group) is 1. The van der Waals surface area contributed by atoms with Gasteiger partial charge in [0.05, 0.1) is 7.11 Å². The van der Waals surface area contributed by atoms with Gasteiger partial charge < -0.3 is 9.47 Å². The van der Waals surface area contributed by atoms with E-state index in [4.69, 9.17) is 9.47 Å². The van der Waals surface area contributed by atoms with Crippen molar-refractivity contribution < 1.29 is 14.3 Å². The van der Waals surface area contributed by atoms with E-state index < -0.39 is 5.54 Å². The summed E-state index contributed by atoms with van der Waals surface area (Å²) < 4.78 is 10.6. The second-order valence-electron chi connectivity index (χ2n) is 5.15. The zero-order chi connectivity index (χ0) is 15.3. The minimum Gasteiger partial charge on any atom is -0.491 e. The van der Waals surface area contributed by atoms with Gasteiger partial charge in [0, 0.05) is 0 Å². The van der Waals surface area contributed by atoms with E-state index in [0.29, 0.717) is 6.54 Å². The number of nitrogens with one attached hydrogen (secondary N) is 1. The van der Waals surface area contributed by atoms with Crippen LogP contribution < -0.4 is 10.1 Å². The molecule has 0 aromatic heterocycles. The highest BCUT2D eigenvalue weighted by molar-refractivity contribution is 5.84. The lowest BCUT2D eigenvalue weighted by atomic mass is 10.0. The Bertz CT molecular complexity index is 626. The quantitative estimate of drug-likeness (QED) is 0.830. The van der Waals surface area contributed by atoms with Crippen LogP contribution in [0, 0.1) is 0 Å². The Balaban J connectivity index is 2.13. The van der Waals surface area contributed by atoms with Gasteiger partial charge in [0.15, 0.2) is 0 Å². The Morgan fingerprint density at radius 1 is 1.19 bits per heavy atom. The molecule has 2 aromatic rings. The molecule has 1 unspecified atom stereocenters. The molecule has 0 aliphatic carbocycles. The molecule has 21 heavy (non-hydrogen) atoms. The van der Waals surface area contributed by atoms with Crippen LogP contribution in [0.25, 0.3) is 10.8 Å². The summed E-state index contributed by atoms with van der Waals surface area (Å²) in [6.45, 7) is 4.60. The van der Waals surface area contributed by atoms with Crippen LogP contribution in [-0.4, -0.2) is 31.8 Å². The van der Waals surface area contributed by atoms with Gasteiger partial charge in [0.25, 0.3) is 0 Å². The first kappa shape index (κ1) is 15.3. The first-order chi connectivity index (χ1) is 10.1. The molecule has 0 spiro atoms. The zero-order valence-corrected chi connectivity index (χ0v) is 12.7. The number of ether oxygens (including phenoxy) is 2. The van der Waals surface area contributed by atoms with Gasteiger partial charge in [-0.2, -0.15) is 0 Å². The fourth-order valence-electron chi connectivity index (χ4n) is 2.28. The SMILES string of the molecule is CCNC(C)(COc1ccc2ccccc2c1)C(=O)OC. The normalized spacial score (nSPS) is 13.7. The van der Waals surface area contributed by atoms with Crippen molar-refractivity contribution in [2.24, 2.45) is 0 Å². The molecule has 4 heteroatoms. The van der Waals surface area contributed by atoms with Gasteiger partial charge in [-0.3, -0.25) is 5.32 Å². The lowest BCUT2D eigenvalue weighted by Gasteiger charge is -2.27. The number of carbonyl (C=O) groups excluding carboxylic acids is 1. The summed E-state index contributed by atoms with van der Waals surface area (Å²) in [5.41, 5.74) is -0.852. The van der Waals surface area contributed by atoms with Crippen LogP contribution in [0.5, 0.6) is 5.75 Å². The van der Waals surface area contributed by atoms with Gasteiger partial charge in [-0.15, -0.1) is 0 Å². The lowest BCUT2D eigenvalue weighted by molar-refractivity contribution is -0.149. The standard InChI is InChI=1S/C17H21NO3/c1-4-18-17(2,16(19)20-3)12-21-15-10-9-13-7-5-6-8-14(13)11-15/h5-11,18H,4,12H2,1-3H3. The summed E-state index contributed by atoms with van der Waals surface area (Å²) in [6, 6.07) is 14.0. The average Bonchev–Trinajstić information content (AvgIpc) is 2.52. The Morgan fingerprint density at radius 3 is 2.57 bits per heavy atom. The van der Waals surface area contributed by atoms with Crippen LogP contribution in [0.3, 0.4) is 0 Å². The topological polar surface area (TPSA) is 47.6 Å². The Hall–Kier alpha value is -2.07. The third-order valence-electron chi connectivity index (χ3n) is 3.45. The maximum absolute atomic E-state index is 11.9. The number of esters is 1. The fourth-order valence-corrected chi connectivity index (χ4v) is 2.28. The maximum Gasteiger partial charge on any atom is 0.329 e. The second kappa shape index (κ2) is 6.59. The number of hydrogen-bond donors (Lipinski definition) is 1. The molecule has 0 amide bonds. The molecular formula is C17H21NO3. The number of benzene rings is 2. The Kier molecular flexibility index (Phi) is 4.81. The van der Waals surface area contributed by atoms with E-state index in [-0.39, 0.29) is 12.6 Å². The molecule has 0 saturated heterocycles. The van der Waals surface area contributed by atoms with Crippen molar-refractivity contribution in [3.63, 3.8) is 0 Å². The van der Waals surface area contributed by atoms with Crippen molar-refractivity contribution in [1.29, 1.82) is 0 Å². The van der Waals surface area contributed by atoms with Crippen LogP contribution in [0.1, 0.15) is 13.8 Å². The molecule has 0 aliphatic heterocycles. The lowest BCUT2D eigenvalue weighted by Crippen LogP contribution is -2.54. The zero-order valence-electron chi connectivity index (χ0n) is 12.7. The minimum atomic E-state index is -0.852. The molecule has 0 fully saturated rings. The molecule has 1 N–H and O–H groups in total. The highest BCUT2D eigenvalue weighted by Crippen LogP contribution is 2.21. The Morgan fingerprint density at radius 2 is 1.90 bits per heavy atom. The predicted octanol–water partition coefficient (Wildman–Crippen LogP) is 2.76. The number of carbonyl (C=O) groups is 1. The van der Waals surface area contributed by atoms with Gasteiger partial charge >= 0.3 is 5.97 Å². The molecule has 0 radical (unpaired) electrons. The highest BCUT2D eigenvalue weighted by atomic mass is 16.5. The summed E-state index contributed by atoms with van der Waals surface area (Å²) in [6.07, 6.45) is 0. The maximum atomic E-state index is 11.9. The summed E-state index contributed by atoms with van der Waals surface area (Å²) in [5, 5.41) is 5.39. The molecule has 0 aliphatic rings. The van der Waals surface area contributed by atoms with Crippen LogP contribution >= 0.6 is 0 Å². The molecular weight excluding hydrogens is 266 g/mol. The molecule has 1 atom stereocenters. The number of hydrogen-bond acceptors (Lipinski definition) is 4. The van der Waals surface area contributed by atoms with E-state index in [0.717, 1.165) is 16.5 Å². The van der Waals surface area contributed by atoms with E-state index >= 15 is 0 Å². The van der Waals surface area contributed by atoms with Crippen molar-refractivity contribution in [1.82, 2.24) is 5.32 Å². The van der Waals surface area contributed by atoms with Gasteiger partial charge in [0.2, 0.25) is 0 Å². The van der Waals surface area contributed by atoms with Gasteiger partial charge in [-0.05, 0) is 36.4 Å². The number of methoxy groups -OCH3 is 1. The van der Waals surface area contributed by atoms with E-state index in [2.05, 4.69) is 11.4 Å². The summed E-state index contributed by atoms with van der Waals surface area (Å²) in [4.78, 5) is 11.9. The van der Waals surface area contributed by atoms with E-state index in [9.17, 15) is 4.79 Å². The smallest absolute Gasteiger partial charge is 0.329 e. The molecule has 2 rings (SSSR count). The second-order valence-corrected chi connectivity index (χ2v) is 5.15. The predicted molar refractivity (Wildman–Crippen MR) is 83.5 cm³/mol. The van der Waals surface area contributed by atoms with E-state index in [1.165, 1.54) is 7.11 Å². The van der Waals surface area contributed by atoms with Crippen molar-refractivity contribution in [3.8, 4) is 5.75 Å². The van der Waals surface area contributed by atoms with Crippen LogP contribution in [-0.2, 0) is 9.53 Å². The first-order valence-corrected chi connectivity index (χ1v) is 7.04. The minimum absolute atomic E-state index is 0.214. The first-order valence-electron chi connectivity index (χ1n) is 7.04. The molecule has 0 bridgehead atoms. The number of rotatable bonds is 6.